The largest absolute Gasteiger partial charge is 0.384 e. The lowest BCUT2D eigenvalue weighted by molar-refractivity contribution is 0.117. The molecule has 2 N–H and O–H groups in total. The lowest BCUT2D eigenvalue weighted by Gasteiger charge is -2.09. The van der Waals surface area contributed by atoms with Gasteiger partial charge in [-0.2, -0.15) is 0 Å². The molecule has 2 aromatic heterocycles. The second-order valence-electron chi connectivity index (χ2n) is 4.96. The SMILES string of the molecule is Nc1cc(-c2cncn2CCOCC2CC2)ccn1. The molecular weight excluding hydrogens is 240 g/mol. The number of hydrogen-bond acceptors (Lipinski definition) is 4. The quantitative estimate of drug-likeness (QED) is 0.804. The van der Waals surface area contributed by atoms with E-state index >= 15 is 0 Å². The van der Waals surface area contributed by atoms with E-state index in [0.29, 0.717) is 5.82 Å². The average Bonchev–Trinajstić information content (AvgIpc) is 3.11. The molecule has 0 saturated heterocycles. The minimum absolute atomic E-state index is 0.523. The molecule has 3 rings (SSSR count). The first-order chi connectivity index (χ1) is 9.33. The van der Waals surface area contributed by atoms with E-state index in [9.17, 15) is 0 Å². The maximum absolute atomic E-state index is 5.71. The first-order valence-electron chi connectivity index (χ1n) is 6.63. The van der Waals surface area contributed by atoms with Crippen LogP contribution in [0.3, 0.4) is 0 Å². The number of pyridine rings is 1. The van der Waals surface area contributed by atoms with Crippen molar-refractivity contribution in [1.82, 2.24) is 14.5 Å². The molecule has 0 amide bonds. The molecule has 0 spiro atoms. The molecule has 5 heteroatoms. The zero-order valence-electron chi connectivity index (χ0n) is 10.8. The number of aromatic nitrogens is 3. The lowest BCUT2D eigenvalue weighted by atomic mass is 10.2. The van der Waals surface area contributed by atoms with Gasteiger partial charge in [0, 0.05) is 24.9 Å². The van der Waals surface area contributed by atoms with Crippen molar-refractivity contribution in [3.05, 3.63) is 30.9 Å². The number of anilines is 1. The van der Waals surface area contributed by atoms with Crippen LogP contribution in [0.25, 0.3) is 11.3 Å². The molecule has 0 atom stereocenters. The molecule has 1 aliphatic carbocycles. The minimum atomic E-state index is 0.523. The summed E-state index contributed by atoms with van der Waals surface area (Å²) in [5.41, 5.74) is 7.79. The van der Waals surface area contributed by atoms with E-state index in [2.05, 4.69) is 14.5 Å². The number of rotatable bonds is 6. The van der Waals surface area contributed by atoms with Crippen LogP contribution in [-0.2, 0) is 11.3 Å². The van der Waals surface area contributed by atoms with Crippen molar-refractivity contribution >= 4 is 5.82 Å². The summed E-state index contributed by atoms with van der Waals surface area (Å²) in [6, 6.07) is 3.80. The monoisotopic (exact) mass is 258 g/mol. The third-order valence-corrected chi connectivity index (χ3v) is 3.32. The number of ether oxygens (including phenoxy) is 1. The van der Waals surface area contributed by atoms with Crippen LogP contribution in [0.2, 0.25) is 0 Å². The van der Waals surface area contributed by atoms with Crippen molar-refractivity contribution in [2.75, 3.05) is 18.9 Å². The van der Waals surface area contributed by atoms with Gasteiger partial charge in [-0.3, -0.25) is 0 Å². The van der Waals surface area contributed by atoms with Crippen molar-refractivity contribution in [1.29, 1.82) is 0 Å². The molecule has 100 valence electrons. The standard InChI is InChI=1S/C14H18N4O/c15-14-7-12(3-4-17-14)13-8-16-10-18(13)5-6-19-9-11-1-2-11/h3-4,7-8,10-11H,1-2,5-6,9H2,(H2,15,17). The molecule has 0 aromatic carbocycles. The van der Waals surface area contributed by atoms with E-state index in [1.54, 1.807) is 6.20 Å². The molecule has 0 aliphatic heterocycles. The van der Waals surface area contributed by atoms with Gasteiger partial charge in [0.1, 0.15) is 5.82 Å². The number of nitrogen functional groups attached to an aromatic ring is 1. The zero-order chi connectivity index (χ0) is 13.1. The van der Waals surface area contributed by atoms with Crippen LogP contribution in [0.4, 0.5) is 5.82 Å². The van der Waals surface area contributed by atoms with E-state index in [-0.39, 0.29) is 0 Å². The Labute approximate surface area is 112 Å². The Bertz CT molecular complexity index is 548. The summed E-state index contributed by atoms with van der Waals surface area (Å²) in [7, 11) is 0. The maximum atomic E-state index is 5.71. The topological polar surface area (TPSA) is 66.0 Å². The Balaban J connectivity index is 1.63. The molecule has 1 saturated carbocycles. The molecule has 1 aliphatic rings. The average molecular weight is 258 g/mol. The Morgan fingerprint density at radius 1 is 1.42 bits per heavy atom. The highest BCUT2D eigenvalue weighted by Gasteiger charge is 2.20. The second kappa shape index (κ2) is 5.40. The number of hydrogen-bond donors (Lipinski definition) is 1. The van der Waals surface area contributed by atoms with Crippen molar-refractivity contribution in [3.8, 4) is 11.3 Å². The van der Waals surface area contributed by atoms with Gasteiger partial charge < -0.3 is 15.0 Å². The predicted octanol–water partition coefficient (Wildman–Crippen LogP) is 1.95. The van der Waals surface area contributed by atoms with Crippen LogP contribution in [0.15, 0.2) is 30.9 Å². The first kappa shape index (κ1) is 12.2. The van der Waals surface area contributed by atoms with Gasteiger partial charge in [-0.25, -0.2) is 9.97 Å². The highest BCUT2D eigenvalue weighted by Crippen LogP contribution is 2.28. The summed E-state index contributed by atoms with van der Waals surface area (Å²) in [4.78, 5) is 8.21. The van der Waals surface area contributed by atoms with Gasteiger partial charge in [0.2, 0.25) is 0 Å². The third-order valence-electron chi connectivity index (χ3n) is 3.32. The molecule has 0 radical (unpaired) electrons. The Morgan fingerprint density at radius 2 is 2.32 bits per heavy atom. The zero-order valence-corrected chi connectivity index (χ0v) is 10.8. The highest BCUT2D eigenvalue weighted by atomic mass is 16.5. The summed E-state index contributed by atoms with van der Waals surface area (Å²) in [6.07, 6.45) is 8.03. The molecule has 1 fully saturated rings. The van der Waals surface area contributed by atoms with Gasteiger partial charge in [0.05, 0.1) is 24.8 Å². The summed E-state index contributed by atoms with van der Waals surface area (Å²) in [5, 5.41) is 0. The predicted molar refractivity (Wildman–Crippen MR) is 73.4 cm³/mol. The number of imidazole rings is 1. The van der Waals surface area contributed by atoms with Crippen LogP contribution in [-0.4, -0.2) is 27.7 Å². The molecule has 0 bridgehead atoms. The maximum Gasteiger partial charge on any atom is 0.123 e. The summed E-state index contributed by atoms with van der Waals surface area (Å²) >= 11 is 0. The molecule has 5 nitrogen and oxygen atoms in total. The molecule has 0 unspecified atom stereocenters. The Hall–Kier alpha value is -1.88. The van der Waals surface area contributed by atoms with E-state index in [1.807, 2.05) is 24.7 Å². The Kier molecular flexibility index (Phi) is 3.46. The molecule has 2 aromatic rings. The van der Waals surface area contributed by atoms with Gasteiger partial charge in [0.25, 0.3) is 0 Å². The summed E-state index contributed by atoms with van der Waals surface area (Å²) in [5.74, 6) is 1.33. The van der Waals surface area contributed by atoms with E-state index in [0.717, 1.165) is 36.9 Å². The second-order valence-corrected chi connectivity index (χ2v) is 4.96. The fourth-order valence-corrected chi connectivity index (χ4v) is 2.04. The van der Waals surface area contributed by atoms with E-state index in [4.69, 9.17) is 10.5 Å². The van der Waals surface area contributed by atoms with Crippen LogP contribution >= 0.6 is 0 Å². The van der Waals surface area contributed by atoms with Gasteiger partial charge in [-0.1, -0.05) is 0 Å². The number of nitrogens with zero attached hydrogens (tertiary/aromatic N) is 3. The van der Waals surface area contributed by atoms with Gasteiger partial charge >= 0.3 is 0 Å². The highest BCUT2D eigenvalue weighted by molar-refractivity contribution is 5.61. The van der Waals surface area contributed by atoms with E-state index < -0.39 is 0 Å². The van der Waals surface area contributed by atoms with E-state index in [1.165, 1.54) is 12.8 Å². The number of nitrogens with two attached hydrogens (primary N) is 1. The van der Waals surface area contributed by atoms with Crippen LogP contribution in [0.5, 0.6) is 0 Å². The molecular formula is C14H18N4O. The van der Waals surface area contributed by atoms with Crippen molar-refractivity contribution in [3.63, 3.8) is 0 Å². The van der Waals surface area contributed by atoms with Crippen LogP contribution in [0.1, 0.15) is 12.8 Å². The normalized spacial score (nSPS) is 14.7. The van der Waals surface area contributed by atoms with Gasteiger partial charge in [-0.15, -0.1) is 0 Å². The van der Waals surface area contributed by atoms with Crippen molar-refractivity contribution in [2.45, 2.75) is 19.4 Å². The fraction of sp³-hybridized carbons (Fsp3) is 0.429. The lowest BCUT2D eigenvalue weighted by Crippen LogP contribution is -2.08. The Morgan fingerprint density at radius 3 is 3.11 bits per heavy atom. The minimum Gasteiger partial charge on any atom is -0.384 e. The van der Waals surface area contributed by atoms with Crippen LogP contribution < -0.4 is 5.73 Å². The molecule has 2 heterocycles. The van der Waals surface area contributed by atoms with Crippen molar-refractivity contribution in [2.24, 2.45) is 5.92 Å². The summed E-state index contributed by atoms with van der Waals surface area (Å²) < 4.78 is 7.74. The third kappa shape index (κ3) is 3.12. The fourth-order valence-electron chi connectivity index (χ4n) is 2.04. The first-order valence-corrected chi connectivity index (χ1v) is 6.63. The van der Waals surface area contributed by atoms with Crippen molar-refractivity contribution < 1.29 is 4.74 Å². The molecule has 19 heavy (non-hydrogen) atoms. The van der Waals surface area contributed by atoms with Crippen LogP contribution in [0, 0.1) is 5.92 Å². The van der Waals surface area contributed by atoms with Gasteiger partial charge in [0.15, 0.2) is 0 Å². The van der Waals surface area contributed by atoms with Gasteiger partial charge in [-0.05, 0) is 30.9 Å². The summed E-state index contributed by atoms with van der Waals surface area (Å²) in [6.45, 7) is 2.43. The smallest absolute Gasteiger partial charge is 0.123 e.